The summed E-state index contributed by atoms with van der Waals surface area (Å²) < 4.78 is 23.2. The monoisotopic (exact) mass is 199 g/mol. The van der Waals surface area contributed by atoms with E-state index in [1.165, 1.54) is 14.2 Å². The molecule has 0 aromatic heterocycles. The Labute approximate surface area is 82.8 Å². The van der Waals surface area contributed by atoms with Gasteiger partial charge in [-0.25, -0.2) is 0 Å². The number of halogens is 1. The van der Waals surface area contributed by atoms with Gasteiger partial charge in [0.1, 0.15) is 0 Å². The second-order valence-electron chi connectivity index (χ2n) is 2.73. The second-order valence-corrected chi connectivity index (χ2v) is 2.73. The largest absolute Gasteiger partial charge is 0.493 e. The number of benzene rings is 1. The number of hydrogen-bond donors (Lipinski definition) is 1. The minimum absolute atomic E-state index is 0.181. The first-order valence-electron chi connectivity index (χ1n) is 4.38. The van der Waals surface area contributed by atoms with Crippen LogP contribution in [0.5, 0.6) is 11.5 Å². The molecule has 3 nitrogen and oxygen atoms in total. The molecule has 0 radical (unpaired) electrons. The normalized spacial score (nSPS) is 9.71. The minimum Gasteiger partial charge on any atom is -0.493 e. The summed E-state index contributed by atoms with van der Waals surface area (Å²) in [6.45, 7) is 2.72. The molecule has 4 heteroatoms. The number of rotatable bonds is 4. The second kappa shape index (κ2) is 4.69. The molecule has 0 atom stereocenters. The van der Waals surface area contributed by atoms with Crippen LogP contribution >= 0.6 is 0 Å². The lowest BCUT2D eigenvalue weighted by atomic mass is 10.2. The molecule has 1 N–H and O–H groups in total. The van der Waals surface area contributed by atoms with Crippen molar-refractivity contribution in [2.24, 2.45) is 0 Å². The average Bonchev–Trinajstić information content (AvgIpc) is 2.20. The third kappa shape index (κ3) is 2.07. The van der Waals surface area contributed by atoms with Crippen LogP contribution in [-0.4, -0.2) is 20.8 Å². The fraction of sp³-hybridized carbons (Fsp3) is 0.400. The summed E-state index contributed by atoms with van der Waals surface area (Å²) in [5.41, 5.74) is 0.780. The summed E-state index contributed by atoms with van der Waals surface area (Å²) >= 11 is 0. The SMILES string of the molecule is CCNc1cc(OC)c(F)c(OC)c1. The molecule has 0 saturated carbocycles. The zero-order valence-corrected chi connectivity index (χ0v) is 8.56. The lowest BCUT2D eigenvalue weighted by Gasteiger charge is -2.10. The molecule has 1 aromatic carbocycles. The first-order chi connectivity index (χ1) is 6.72. The van der Waals surface area contributed by atoms with Crippen LogP contribution in [0.2, 0.25) is 0 Å². The maximum atomic E-state index is 13.4. The van der Waals surface area contributed by atoms with Crippen molar-refractivity contribution in [1.82, 2.24) is 0 Å². The Balaban J connectivity index is 3.11. The van der Waals surface area contributed by atoms with Gasteiger partial charge in [0.05, 0.1) is 14.2 Å². The lowest BCUT2D eigenvalue weighted by molar-refractivity contribution is 0.351. The number of hydrogen-bond acceptors (Lipinski definition) is 3. The summed E-state index contributed by atoms with van der Waals surface area (Å²) in [7, 11) is 2.85. The van der Waals surface area contributed by atoms with Gasteiger partial charge in [-0.3, -0.25) is 0 Å². The van der Waals surface area contributed by atoms with E-state index < -0.39 is 5.82 Å². The van der Waals surface area contributed by atoms with Gasteiger partial charge in [0, 0.05) is 24.4 Å². The molecule has 0 bridgehead atoms. The highest BCUT2D eigenvalue weighted by atomic mass is 19.1. The van der Waals surface area contributed by atoms with Crippen LogP contribution in [0.1, 0.15) is 6.92 Å². The fourth-order valence-corrected chi connectivity index (χ4v) is 1.18. The van der Waals surface area contributed by atoms with Crippen LogP contribution in [0.4, 0.5) is 10.1 Å². The molecule has 1 aromatic rings. The zero-order chi connectivity index (χ0) is 10.6. The molecule has 78 valence electrons. The van der Waals surface area contributed by atoms with Gasteiger partial charge < -0.3 is 14.8 Å². The standard InChI is InChI=1S/C10H14FNO2/c1-4-12-7-5-8(13-2)10(11)9(6-7)14-3/h5-6,12H,4H2,1-3H3. The molecule has 0 fully saturated rings. The minimum atomic E-state index is -0.475. The van der Waals surface area contributed by atoms with Crippen molar-refractivity contribution in [3.05, 3.63) is 17.9 Å². The van der Waals surface area contributed by atoms with E-state index >= 15 is 0 Å². The number of methoxy groups -OCH3 is 2. The van der Waals surface area contributed by atoms with E-state index in [1.54, 1.807) is 12.1 Å². The topological polar surface area (TPSA) is 30.5 Å². The van der Waals surface area contributed by atoms with Crippen molar-refractivity contribution in [2.75, 3.05) is 26.1 Å². The summed E-state index contributed by atoms with van der Waals surface area (Å²) in [6.07, 6.45) is 0. The Bertz CT molecular complexity index is 290. The Hall–Kier alpha value is -1.45. The van der Waals surface area contributed by atoms with Crippen molar-refractivity contribution >= 4 is 5.69 Å². The summed E-state index contributed by atoms with van der Waals surface area (Å²) in [5.74, 6) is -0.114. The molecule has 0 spiro atoms. The molecule has 1 rings (SSSR count). The Kier molecular flexibility index (Phi) is 3.56. The summed E-state index contributed by atoms with van der Waals surface area (Å²) in [4.78, 5) is 0. The number of anilines is 1. The fourth-order valence-electron chi connectivity index (χ4n) is 1.18. The Morgan fingerprint density at radius 2 is 1.71 bits per heavy atom. The summed E-state index contributed by atoms with van der Waals surface area (Å²) in [5, 5.41) is 3.06. The average molecular weight is 199 g/mol. The van der Waals surface area contributed by atoms with Crippen molar-refractivity contribution in [1.29, 1.82) is 0 Å². The third-order valence-electron chi connectivity index (χ3n) is 1.83. The molecule has 0 aliphatic carbocycles. The summed E-state index contributed by atoms with van der Waals surface area (Å²) in [6, 6.07) is 3.20. The van der Waals surface area contributed by atoms with E-state index in [1.807, 2.05) is 6.92 Å². The Morgan fingerprint density at radius 1 is 1.21 bits per heavy atom. The van der Waals surface area contributed by atoms with Crippen molar-refractivity contribution in [2.45, 2.75) is 6.92 Å². The first kappa shape index (κ1) is 10.6. The molecular weight excluding hydrogens is 185 g/mol. The highest BCUT2D eigenvalue weighted by molar-refractivity contribution is 5.54. The van der Waals surface area contributed by atoms with Crippen molar-refractivity contribution in [3.63, 3.8) is 0 Å². The highest BCUT2D eigenvalue weighted by Crippen LogP contribution is 2.30. The highest BCUT2D eigenvalue weighted by Gasteiger charge is 2.11. The molecular formula is C10H14FNO2. The predicted octanol–water partition coefficient (Wildman–Crippen LogP) is 2.27. The smallest absolute Gasteiger partial charge is 0.206 e. The molecule has 0 heterocycles. The van der Waals surface area contributed by atoms with Gasteiger partial charge in [-0.15, -0.1) is 0 Å². The quantitative estimate of drug-likeness (QED) is 0.806. The van der Waals surface area contributed by atoms with E-state index in [0.29, 0.717) is 0 Å². The van der Waals surface area contributed by atoms with Crippen LogP contribution in [-0.2, 0) is 0 Å². The van der Waals surface area contributed by atoms with E-state index in [4.69, 9.17) is 9.47 Å². The van der Waals surface area contributed by atoms with Crippen LogP contribution in [0.3, 0.4) is 0 Å². The maximum Gasteiger partial charge on any atom is 0.206 e. The van der Waals surface area contributed by atoms with Gasteiger partial charge in [0.25, 0.3) is 0 Å². The number of ether oxygens (including phenoxy) is 2. The van der Waals surface area contributed by atoms with Crippen molar-refractivity contribution in [3.8, 4) is 11.5 Å². The van der Waals surface area contributed by atoms with Crippen LogP contribution in [0.15, 0.2) is 12.1 Å². The van der Waals surface area contributed by atoms with Crippen LogP contribution in [0, 0.1) is 5.82 Å². The molecule has 0 unspecified atom stereocenters. The van der Waals surface area contributed by atoms with Crippen LogP contribution < -0.4 is 14.8 Å². The van der Waals surface area contributed by atoms with E-state index in [2.05, 4.69) is 5.32 Å². The van der Waals surface area contributed by atoms with Gasteiger partial charge in [0.2, 0.25) is 5.82 Å². The maximum absolute atomic E-state index is 13.4. The number of nitrogens with one attached hydrogen (secondary N) is 1. The van der Waals surface area contributed by atoms with Crippen LogP contribution in [0.25, 0.3) is 0 Å². The lowest BCUT2D eigenvalue weighted by Crippen LogP contribution is -2.00. The van der Waals surface area contributed by atoms with Gasteiger partial charge in [-0.1, -0.05) is 0 Å². The van der Waals surface area contributed by atoms with E-state index in [0.717, 1.165) is 12.2 Å². The van der Waals surface area contributed by atoms with Gasteiger partial charge in [-0.05, 0) is 6.92 Å². The van der Waals surface area contributed by atoms with Gasteiger partial charge in [-0.2, -0.15) is 4.39 Å². The van der Waals surface area contributed by atoms with Gasteiger partial charge >= 0.3 is 0 Å². The van der Waals surface area contributed by atoms with E-state index in [-0.39, 0.29) is 11.5 Å². The Morgan fingerprint density at radius 3 is 2.07 bits per heavy atom. The van der Waals surface area contributed by atoms with Gasteiger partial charge in [0.15, 0.2) is 11.5 Å². The third-order valence-corrected chi connectivity index (χ3v) is 1.83. The van der Waals surface area contributed by atoms with Crippen molar-refractivity contribution < 1.29 is 13.9 Å². The first-order valence-corrected chi connectivity index (χ1v) is 4.38. The molecule has 0 aliphatic rings. The molecule has 0 amide bonds. The predicted molar refractivity (Wildman–Crippen MR) is 53.7 cm³/mol. The van der Waals surface area contributed by atoms with E-state index in [9.17, 15) is 4.39 Å². The molecule has 0 saturated heterocycles. The molecule has 0 aliphatic heterocycles. The zero-order valence-electron chi connectivity index (χ0n) is 8.56. The molecule has 14 heavy (non-hydrogen) atoms.